The predicted molar refractivity (Wildman–Crippen MR) is 84.2 cm³/mol. The molecule has 0 aromatic heterocycles. The molecule has 0 unspecified atom stereocenters. The van der Waals surface area contributed by atoms with Gasteiger partial charge in [-0.25, -0.2) is 0 Å². The summed E-state index contributed by atoms with van der Waals surface area (Å²) < 4.78 is 0. The number of benzene rings is 1. The van der Waals surface area contributed by atoms with Crippen molar-refractivity contribution in [3.63, 3.8) is 0 Å². The minimum absolute atomic E-state index is 0.163. The lowest BCUT2D eigenvalue weighted by Gasteiger charge is -2.35. The first kappa shape index (κ1) is 14.9. The summed E-state index contributed by atoms with van der Waals surface area (Å²) in [6.45, 7) is 3.97. The minimum atomic E-state index is -0.218. The molecule has 1 saturated heterocycles. The highest BCUT2D eigenvalue weighted by Crippen LogP contribution is 2.35. The van der Waals surface area contributed by atoms with Gasteiger partial charge in [0.15, 0.2) is 0 Å². The quantitative estimate of drug-likeness (QED) is 0.887. The van der Waals surface area contributed by atoms with E-state index in [1.54, 1.807) is 0 Å². The molecule has 0 bridgehead atoms. The monoisotopic (exact) mass is 275 g/mol. The second-order valence-corrected chi connectivity index (χ2v) is 5.75. The van der Waals surface area contributed by atoms with E-state index in [-0.39, 0.29) is 11.3 Å². The smallest absolute Gasteiger partial charge is 0.230 e. The maximum Gasteiger partial charge on any atom is 0.230 e. The molecule has 1 aromatic carbocycles. The van der Waals surface area contributed by atoms with Crippen LogP contribution in [0.25, 0.3) is 0 Å². The average Bonchev–Trinajstić information content (AvgIpc) is 2.48. The molecule has 1 aliphatic heterocycles. The van der Waals surface area contributed by atoms with Crippen LogP contribution in [0, 0.1) is 5.41 Å². The highest BCUT2D eigenvalue weighted by Gasteiger charge is 2.37. The lowest BCUT2D eigenvalue weighted by atomic mass is 9.76. The number of hydrogen-bond donors (Lipinski definition) is 2. The Morgan fingerprint density at radius 2 is 1.95 bits per heavy atom. The lowest BCUT2D eigenvalue weighted by Crippen LogP contribution is -2.44. The van der Waals surface area contributed by atoms with Crippen molar-refractivity contribution in [2.24, 2.45) is 5.41 Å². The Morgan fingerprint density at radius 1 is 1.30 bits per heavy atom. The number of amides is 1. The molecule has 4 nitrogen and oxygen atoms in total. The van der Waals surface area contributed by atoms with E-state index in [9.17, 15) is 4.79 Å². The molecule has 20 heavy (non-hydrogen) atoms. The first-order valence-corrected chi connectivity index (χ1v) is 7.37. The van der Waals surface area contributed by atoms with E-state index in [1.165, 1.54) is 0 Å². The van der Waals surface area contributed by atoms with Gasteiger partial charge < -0.3 is 15.5 Å². The summed E-state index contributed by atoms with van der Waals surface area (Å²) in [5.74, 6) is 0.163. The van der Waals surface area contributed by atoms with Crippen LogP contribution in [0.5, 0.6) is 0 Å². The first-order valence-electron chi connectivity index (χ1n) is 7.37. The Balaban J connectivity index is 2.18. The van der Waals surface area contributed by atoms with Crippen LogP contribution in [0.4, 0.5) is 11.4 Å². The number of hydrogen-bond acceptors (Lipinski definition) is 3. The predicted octanol–water partition coefficient (Wildman–Crippen LogP) is 2.47. The van der Waals surface area contributed by atoms with Gasteiger partial charge in [0.1, 0.15) is 0 Å². The number of rotatable bonds is 4. The maximum absolute atomic E-state index is 12.7. The SMILES string of the molecule is CCC1(C(=O)Nc2ccccc2N(C)C)CCNCC1. The van der Waals surface area contributed by atoms with Crippen molar-refractivity contribution in [3.8, 4) is 0 Å². The Hall–Kier alpha value is -1.55. The van der Waals surface area contributed by atoms with Crippen molar-refractivity contribution >= 4 is 17.3 Å². The molecule has 0 saturated carbocycles. The lowest BCUT2D eigenvalue weighted by molar-refractivity contribution is -0.127. The van der Waals surface area contributed by atoms with Crippen molar-refractivity contribution in [2.75, 3.05) is 37.4 Å². The molecule has 2 N–H and O–H groups in total. The van der Waals surface area contributed by atoms with Crippen LogP contribution in [0.1, 0.15) is 26.2 Å². The molecule has 0 radical (unpaired) electrons. The molecule has 1 aromatic rings. The highest BCUT2D eigenvalue weighted by molar-refractivity contribution is 5.98. The zero-order valence-corrected chi connectivity index (χ0v) is 12.7. The van der Waals surface area contributed by atoms with Crippen LogP contribution in [-0.2, 0) is 4.79 Å². The van der Waals surface area contributed by atoms with Crippen LogP contribution < -0.4 is 15.5 Å². The first-order chi connectivity index (χ1) is 9.59. The molecule has 1 aliphatic rings. The van der Waals surface area contributed by atoms with Gasteiger partial charge in [-0.15, -0.1) is 0 Å². The van der Waals surface area contributed by atoms with E-state index in [2.05, 4.69) is 17.6 Å². The number of nitrogens with zero attached hydrogens (tertiary/aromatic N) is 1. The van der Waals surface area contributed by atoms with Crippen molar-refractivity contribution in [2.45, 2.75) is 26.2 Å². The third-order valence-electron chi connectivity index (χ3n) is 4.35. The van der Waals surface area contributed by atoms with E-state index in [0.29, 0.717) is 0 Å². The Bertz CT molecular complexity index is 465. The molecule has 1 heterocycles. The van der Waals surface area contributed by atoms with Crippen LogP contribution >= 0.6 is 0 Å². The normalized spacial score (nSPS) is 17.6. The summed E-state index contributed by atoms with van der Waals surface area (Å²) in [6, 6.07) is 7.95. The molecule has 0 atom stereocenters. The molecule has 0 spiro atoms. The fourth-order valence-corrected chi connectivity index (χ4v) is 2.87. The summed E-state index contributed by atoms with van der Waals surface area (Å²) in [7, 11) is 3.98. The molecular formula is C16H25N3O. The van der Waals surface area contributed by atoms with E-state index in [0.717, 1.165) is 43.7 Å². The zero-order valence-electron chi connectivity index (χ0n) is 12.7. The number of carbonyl (C=O) groups excluding carboxylic acids is 1. The number of piperidine rings is 1. The third kappa shape index (κ3) is 2.96. The molecule has 4 heteroatoms. The van der Waals surface area contributed by atoms with E-state index < -0.39 is 0 Å². The van der Waals surface area contributed by atoms with Gasteiger partial charge in [-0.1, -0.05) is 19.1 Å². The Morgan fingerprint density at radius 3 is 2.55 bits per heavy atom. The van der Waals surface area contributed by atoms with Gasteiger partial charge in [-0.05, 0) is 44.5 Å². The highest BCUT2D eigenvalue weighted by atomic mass is 16.2. The summed E-state index contributed by atoms with van der Waals surface area (Å²) in [5.41, 5.74) is 1.72. The van der Waals surface area contributed by atoms with Crippen molar-refractivity contribution in [1.29, 1.82) is 0 Å². The Kier molecular flexibility index (Phi) is 4.65. The van der Waals surface area contributed by atoms with Crippen molar-refractivity contribution in [1.82, 2.24) is 5.32 Å². The number of anilines is 2. The second kappa shape index (κ2) is 6.27. The molecule has 1 fully saturated rings. The number of para-hydroxylation sites is 2. The van der Waals surface area contributed by atoms with Gasteiger partial charge in [0.05, 0.1) is 16.8 Å². The van der Waals surface area contributed by atoms with Gasteiger partial charge >= 0.3 is 0 Å². The molecule has 2 rings (SSSR count). The molecule has 0 aliphatic carbocycles. The fourth-order valence-electron chi connectivity index (χ4n) is 2.87. The van der Waals surface area contributed by atoms with Gasteiger partial charge in [-0.3, -0.25) is 4.79 Å². The number of carbonyl (C=O) groups is 1. The standard InChI is InChI=1S/C16H25N3O/c1-4-16(9-11-17-12-10-16)15(20)18-13-7-5-6-8-14(13)19(2)3/h5-8,17H,4,9-12H2,1-3H3,(H,18,20). The average molecular weight is 275 g/mol. The van der Waals surface area contributed by atoms with Crippen LogP contribution in [0.2, 0.25) is 0 Å². The van der Waals surface area contributed by atoms with Gasteiger partial charge in [0, 0.05) is 14.1 Å². The largest absolute Gasteiger partial charge is 0.376 e. The van der Waals surface area contributed by atoms with Crippen LogP contribution in [-0.4, -0.2) is 33.1 Å². The summed E-state index contributed by atoms with van der Waals surface area (Å²) in [6.07, 6.45) is 2.73. The topological polar surface area (TPSA) is 44.4 Å². The van der Waals surface area contributed by atoms with E-state index in [1.807, 2.05) is 43.3 Å². The van der Waals surface area contributed by atoms with Crippen molar-refractivity contribution < 1.29 is 4.79 Å². The number of nitrogens with one attached hydrogen (secondary N) is 2. The van der Waals surface area contributed by atoms with Crippen LogP contribution in [0.15, 0.2) is 24.3 Å². The molecular weight excluding hydrogens is 250 g/mol. The summed E-state index contributed by atoms with van der Waals surface area (Å²) in [4.78, 5) is 14.8. The van der Waals surface area contributed by atoms with Crippen LogP contribution in [0.3, 0.4) is 0 Å². The third-order valence-corrected chi connectivity index (χ3v) is 4.35. The van der Waals surface area contributed by atoms with Gasteiger partial charge in [0.25, 0.3) is 0 Å². The molecule has 1 amide bonds. The Labute approximate surface area is 121 Å². The fraction of sp³-hybridized carbons (Fsp3) is 0.562. The molecule has 110 valence electrons. The zero-order chi connectivity index (χ0) is 14.6. The second-order valence-electron chi connectivity index (χ2n) is 5.75. The van der Waals surface area contributed by atoms with Crippen molar-refractivity contribution in [3.05, 3.63) is 24.3 Å². The van der Waals surface area contributed by atoms with Gasteiger partial charge in [0.2, 0.25) is 5.91 Å². The summed E-state index contributed by atoms with van der Waals surface area (Å²) >= 11 is 0. The summed E-state index contributed by atoms with van der Waals surface area (Å²) in [5, 5.41) is 6.48. The van der Waals surface area contributed by atoms with Gasteiger partial charge in [-0.2, -0.15) is 0 Å². The maximum atomic E-state index is 12.7. The van der Waals surface area contributed by atoms with E-state index in [4.69, 9.17) is 0 Å². The minimum Gasteiger partial charge on any atom is -0.376 e. The van der Waals surface area contributed by atoms with E-state index >= 15 is 0 Å².